The van der Waals surface area contributed by atoms with E-state index in [1.54, 1.807) is 41.0 Å². The fourth-order valence-corrected chi connectivity index (χ4v) is 4.29. The van der Waals surface area contributed by atoms with Crippen molar-refractivity contribution in [3.8, 4) is 5.75 Å². The zero-order valence-electron chi connectivity index (χ0n) is 20.0. The third-order valence-corrected chi connectivity index (χ3v) is 6.15. The first kappa shape index (κ1) is 25.2. The van der Waals surface area contributed by atoms with Gasteiger partial charge in [0.15, 0.2) is 23.6 Å². The molecule has 1 aliphatic heterocycles. The van der Waals surface area contributed by atoms with Crippen LogP contribution < -0.4 is 10.1 Å². The molecule has 0 bridgehead atoms. The molecular formula is C25H24N6O7. The maximum atomic E-state index is 12.4. The van der Waals surface area contributed by atoms with Gasteiger partial charge in [-0.05, 0) is 17.7 Å². The number of nitrogens with one attached hydrogen (secondary N) is 1. The normalized spacial score (nSPS) is 19.8. The molecule has 1 aliphatic rings. The Labute approximate surface area is 215 Å². The predicted molar refractivity (Wildman–Crippen MR) is 133 cm³/mol. The number of amides is 1. The molecule has 38 heavy (non-hydrogen) atoms. The first-order chi connectivity index (χ1) is 18.4. The van der Waals surface area contributed by atoms with E-state index >= 15 is 0 Å². The van der Waals surface area contributed by atoms with Gasteiger partial charge in [-0.25, -0.2) is 15.0 Å². The Balaban J connectivity index is 1.25. The van der Waals surface area contributed by atoms with Crippen LogP contribution in [0.5, 0.6) is 5.75 Å². The van der Waals surface area contributed by atoms with E-state index < -0.39 is 35.4 Å². The number of benzene rings is 2. The number of rotatable bonds is 9. The van der Waals surface area contributed by atoms with Crippen LogP contribution in [0, 0.1) is 10.1 Å². The van der Waals surface area contributed by atoms with E-state index in [-0.39, 0.29) is 31.0 Å². The third-order valence-electron chi connectivity index (χ3n) is 6.15. The number of fused-ring (bicyclic) bond motifs is 1. The number of hydrogen-bond acceptors (Lipinski definition) is 10. The van der Waals surface area contributed by atoms with Crippen LogP contribution >= 0.6 is 0 Å². The highest BCUT2D eigenvalue weighted by atomic mass is 16.6. The SMILES string of the molecule is O=C(COc1ccccc1)Nc1ncnc2c1ncn2[C@H]1C[C@H](O)[C@@H](C(O)Cc2ccc([N+](=O)[O-])cc2)O1. The van der Waals surface area contributed by atoms with E-state index in [1.807, 2.05) is 6.07 Å². The molecule has 0 radical (unpaired) electrons. The van der Waals surface area contributed by atoms with Crippen LogP contribution in [0.25, 0.3) is 11.2 Å². The van der Waals surface area contributed by atoms with Crippen molar-refractivity contribution in [2.24, 2.45) is 0 Å². The van der Waals surface area contributed by atoms with Crippen LogP contribution in [0.4, 0.5) is 11.5 Å². The number of aromatic nitrogens is 4. The van der Waals surface area contributed by atoms with Crippen molar-refractivity contribution in [2.75, 3.05) is 11.9 Å². The zero-order valence-corrected chi connectivity index (χ0v) is 20.0. The molecule has 0 aliphatic carbocycles. The van der Waals surface area contributed by atoms with Crippen LogP contribution in [0.1, 0.15) is 18.2 Å². The van der Waals surface area contributed by atoms with Crippen LogP contribution in [-0.2, 0) is 16.0 Å². The highest BCUT2D eigenvalue weighted by Gasteiger charge is 2.40. The van der Waals surface area contributed by atoms with Crippen LogP contribution in [0.2, 0.25) is 0 Å². The van der Waals surface area contributed by atoms with Crippen molar-refractivity contribution in [1.29, 1.82) is 0 Å². The molecule has 5 rings (SSSR count). The summed E-state index contributed by atoms with van der Waals surface area (Å²) < 4.78 is 13.0. The Morgan fingerprint density at radius 3 is 2.68 bits per heavy atom. The van der Waals surface area contributed by atoms with E-state index in [2.05, 4.69) is 20.3 Å². The fraction of sp³-hybridized carbons (Fsp3) is 0.280. The van der Waals surface area contributed by atoms with E-state index in [1.165, 1.54) is 24.8 Å². The van der Waals surface area contributed by atoms with Gasteiger partial charge in [0, 0.05) is 25.0 Å². The Hall–Kier alpha value is -4.46. The van der Waals surface area contributed by atoms with Gasteiger partial charge < -0.3 is 25.0 Å². The van der Waals surface area contributed by atoms with Gasteiger partial charge in [0.25, 0.3) is 11.6 Å². The molecule has 3 heterocycles. The molecule has 1 saturated heterocycles. The quantitative estimate of drug-likeness (QED) is 0.219. The van der Waals surface area contributed by atoms with E-state index in [4.69, 9.17) is 9.47 Å². The fourth-order valence-electron chi connectivity index (χ4n) is 4.29. The van der Waals surface area contributed by atoms with Gasteiger partial charge >= 0.3 is 0 Å². The maximum absolute atomic E-state index is 12.4. The average Bonchev–Trinajstić information content (AvgIpc) is 3.52. The minimum Gasteiger partial charge on any atom is -0.484 e. The van der Waals surface area contributed by atoms with Gasteiger partial charge in [-0.1, -0.05) is 30.3 Å². The number of para-hydroxylation sites is 1. The van der Waals surface area contributed by atoms with Crippen molar-refractivity contribution >= 4 is 28.6 Å². The summed E-state index contributed by atoms with van der Waals surface area (Å²) in [6.45, 7) is -0.220. The number of hydrogen-bond donors (Lipinski definition) is 3. The minimum absolute atomic E-state index is 0.0475. The number of non-ortho nitro benzene ring substituents is 1. The molecule has 0 saturated carbocycles. The number of anilines is 1. The van der Waals surface area contributed by atoms with Crippen LogP contribution in [0.3, 0.4) is 0 Å². The lowest BCUT2D eigenvalue weighted by Crippen LogP contribution is -2.36. The number of aliphatic hydroxyl groups is 2. The lowest BCUT2D eigenvalue weighted by atomic mass is 10.00. The van der Waals surface area contributed by atoms with Crippen molar-refractivity contribution in [3.63, 3.8) is 0 Å². The minimum atomic E-state index is -1.06. The van der Waals surface area contributed by atoms with Crippen LogP contribution in [0.15, 0.2) is 67.3 Å². The number of imidazole rings is 1. The van der Waals surface area contributed by atoms with Gasteiger partial charge in [0.2, 0.25) is 0 Å². The molecule has 2 aromatic carbocycles. The zero-order chi connectivity index (χ0) is 26.6. The van der Waals surface area contributed by atoms with Crippen molar-refractivity contribution in [1.82, 2.24) is 19.5 Å². The second-order valence-electron chi connectivity index (χ2n) is 8.75. The molecule has 2 aromatic heterocycles. The highest BCUT2D eigenvalue weighted by Crippen LogP contribution is 2.34. The molecule has 1 unspecified atom stereocenters. The average molecular weight is 521 g/mol. The molecule has 4 atom stereocenters. The van der Waals surface area contributed by atoms with Crippen molar-refractivity contribution in [3.05, 3.63) is 82.9 Å². The largest absolute Gasteiger partial charge is 0.484 e. The van der Waals surface area contributed by atoms with Gasteiger partial charge in [0.1, 0.15) is 24.4 Å². The third kappa shape index (κ3) is 5.44. The lowest BCUT2D eigenvalue weighted by molar-refractivity contribution is -0.384. The summed E-state index contributed by atoms with van der Waals surface area (Å²) in [7, 11) is 0. The topological polar surface area (TPSA) is 175 Å². The van der Waals surface area contributed by atoms with Crippen molar-refractivity contribution in [2.45, 2.75) is 37.4 Å². The number of aliphatic hydroxyl groups excluding tert-OH is 2. The summed E-state index contributed by atoms with van der Waals surface area (Å²) in [4.78, 5) is 35.5. The van der Waals surface area contributed by atoms with Crippen molar-refractivity contribution < 1.29 is 29.4 Å². The molecule has 13 heteroatoms. The Bertz CT molecular complexity index is 1430. The van der Waals surface area contributed by atoms with Gasteiger partial charge in [0.05, 0.1) is 23.5 Å². The number of nitro groups is 1. The summed E-state index contributed by atoms with van der Waals surface area (Å²) in [6, 6.07) is 14.8. The number of carbonyl (C=O) groups is 1. The predicted octanol–water partition coefficient (Wildman–Crippen LogP) is 2.00. The Morgan fingerprint density at radius 2 is 1.95 bits per heavy atom. The summed E-state index contributed by atoms with van der Waals surface area (Å²) in [5, 5.41) is 34.9. The molecule has 4 aromatic rings. The molecule has 13 nitrogen and oxygen atoms in total. The first-order valence-corrected chi connectivity index (χ1v) is 11.8. The standard InChI is InChI=1S/C25H24N6O7/c32-18(10-15-6-8-16(9-7-15)31(35)36)23-19(33)11-21(38-23)30-14-28-22-24(26-13-27-25(22)30)29-20(34)12-37-17-4-2-1-3-5-17/h1-9,13-14,18-19,21,23,32-33H,10-12H2,(H,26,27,29,34)/t18?,19-,21+,23+/m0/s1. The smallest absolute Gasteiger partial charge is 0.269 e. The molecular weight excluding hydrogens is 496 g/mol. The Morgan fingerprint density at radius 1 is 1.18 bits per heavy atom. The summed E-state index contributed by atoms with van der Waals surface area (Å²) >= 11 is 0. The lowest BCUT2D eigenvalue weighted by Gasteiger charge is -2.21. The second kappa shape index (κ2) is 10.9. The summed E-state index contributed by atoms with van der Waals surface area (Å²) in [6.07, 6.45) is -0.541. The summed E-state index contributed by atoms with van der Waals surface area (Å²) in [5.41, 5.74) is 1.32. The number of nitrogens with zero attached hydrogens (tertiary/aromatic N) is 5. The van der Waals surface area contributed by atoms with Gasteiger partial charge in [-0.15, -0.1) is 0 Å². The number of ether oxygens (including phenoxy) is 2. The first-order valence-electron chi connectivity index (χ1n) is 11.8. The van der Waals surface area contributed by atoms with Crippen LogP contribution in [-0.4, -0.2) is 65.5 Å². The maximum Gasteiger partial charge on any atom is 0.269 e. The van der Waals surface area contributed by atoms with Gasteiger partial charge in [-0.3, -0.25) is 19.5 Å². The molecule has 0 spiro atoms. The highest BCUT2D eigenvalue weighted by molar-refractivity contribution is 5.97. The number of carbonyl (C=O) groups excluding carboxylic acids is 1. The van der Waals surface area contributed by atoms with E-state index in [0.717, 1.165) is 0 Å². The van der Waals surface area contributed by atoms with Gasteiger partial charge in [-0.2, -0.15) is 0 Å². The molecule has 3 N–H and O–H groups in total. The Kier molecular flexibility index (Phi) is 7.22. The summed E-state index contributed by atoms with van der Waals surface area (Å²) in [5.74, 6) is 0.330. The molecule has 1 fully saturated rings. The monoisotopic (exact) mass is 520 g/mol. The number of nitro benzene ring substituents is 1. The molecule has 196 valence electrons. The van der Waals surface area contributed by atoms with E-state index in [9.17, 15) is 25.1 Å². The second-order valence-corrected chi connectivity index (χ2v) is 8.75. The molecule has 1 amide bonds. The van der Waals surface area contributed by atoms with E-state index in [0.29, 0.717) is 22.5 Å².